The number of carbonyl (C=O) groups excluding carboxylic acids is 1. The van der Waals surface area contributed by atoms with Crippen molar-refractivity contribution in [2.24, 2.45) is 13.0 Å². The van der Waals surface area contributed by atoms with E-state index in [4.69, 9.17) is 4.74 Å². The van der Waals surface area contributed by atoms with Crippen molar-refractivity contribution in [1.29, 1.82) is 0 Å². The van der Waals surface area contributed by atoms with E-state index in [2.05, 4.69) is 15.3 Å². The van der Waals surface area contributed by atoms with E-state index in [-0.39, 0.29) is 17.8 Å². The summed E-state index contributed by atoms with van der Waals surface area (Å²) in [4.78, 5) is 20.2. The molecule has 2 N–H and O–H groups in total. The molecule has 0 spiro atoms. The monoisotopic (exact) mass is 355 g/mol. The molecule has 1 amide bonds. The van der Waals surface area contributed by atoms with Crippen molar-refractivity contribution in [2.75, 3.05) is 0 Å². The summed E-state index contributed by atoms with van der Waals surface area (Å²) in [6.07, 6.45) is 5.70. The molecule has 1 unspecified atom stereocenters. The van der Waals surface area contributed by atoms with Crippen LogP contribution in [0.4, 0.5) is 4.39 Å². The van der Waals surface area contributed by atoms with Crippen molar-refractivity contribution in [1.82, 2.24) is 15.3 Å². The molecule has 0 aliphatic heterocycles. The van der Waals surface area contributed by atoms with Crippen LogP contribution in [-0.2, 0) is 7.05 Å². The molecule has 134 valence electrons. The zero-order chi connectivity index (χ0) is 18.3. The first-order valence-corrected chi connectivity index (χ1v) is 8.63. The number of aromatic nitrogens is 3. The molecule has 1 fully saturated rings. The molecule has 2 aromatic heterocycles. The second-order valence-electron chi connectivity index (χ2n) is 6.75. The maximum atomic E-state index is 13.0. The zero-order valence-corrected chi connectivity index (χ0v) is 14.6. The van der Waals surface area contributed by atoms with Gasteiger partial charge in [-0.1, -0.05) is 0 Å². The predicted molar refractivity (Wildman–Crippen MR) is 93.4 cm³/mol. The normalized spacial score (nSPS) is 15.0. The molecule has 0 bridgehead atoms. The minimum atomic E-state index is -0.333. The minimum Gasteiger partial charge on any atom is -0.436 e. The zero-order valence-electron chi connectivity index (χ0n) is 14.6. The van der Waals surface area contributed by atoms with E-state index in [1.807, 2.05) is 18.5 Å². The van der Waals surface area contributed by atoms with Crippen LogP contribution in [0, 0.1) is 11.7 Å². The number of rotatable bonds is 5. The number of hydrogen-bond donors (Lipinski definition) is 2. The quantitative estimate of drug-likeness (QED) is 0.692. The Morgan fingerprint density at radius 2 is 2.12 bits per heavy atom. The van der Waals surface area contributed by atoms with Crippen molar-refractivity contribution in [2.45, 2.75) is 25.8 Å². The van der Waals surface area contributed by atoms with Crippen LogP contribution in [-0.4, -0.2) is 21.9 Å². The standard InChI is InChI=1S/C19H19FN4O2/c1-11(12-3-4-12)22-19(25)15-9-21-18-17(15)23-16(10-24(18)2)26-14-7-5-13(20)6-8-14/h5-12H,3-4H2,1-2H3,(H,22,25)/p+1. The highest BCUT2D eigenvalue weighted by molar-refractivity contribution is 6.04. The van der Waals surface area contributed by atoms with Gasteiger partial charge in [-0.2, -0.15) is 0 Å². The Kier molecular flexibility index (Phi) is 4.06. The lowest BCUT2D eigenvalue weighted by atomic mass is 10.2. The summed E-state index contributed by atoms with van der Waals surface area (Å²) in [6.45, 7) is 2.03. The largest absolute Gasteiger partial charge is 0.436 e. The number of ether oxygens (including phenoxy) is 1. The van der Waals surface area contributed by atoms with E-state index in [9.17, 15) is 9.18 Å². The van der Waals surface area contributed by atoms with Gasteiger partial charge in [0.05, 0.1) is 7.05 Å². The number of aromatic amines is 1. The van der Waals surface area contributed by atoms with Crippen LogP contribution in [0.25, 0.3) is 11.2 Å². The van der Waals surface area contributed by atoms with Crippen LogP contribution in [0.3, 0.4) is 0 Å². The lowest BCUT2D eigenvalue weighted by molar-refractivity contribution is -0.647. The summed E-state index contributed by atoms with van der Waals surface area (Å²) in [5.41, 5.74) is 1.74. The molecule has 3 aromatic rings. The molecule has 7 heteroatoms. The fourth-order valence-corrected chi connectivity index (χ4v) is 3.00. The van der Waals surface area contributed by atoms with Gasteiger partial charge in [0.1, 0.15) is 23.3 Å². The fraction of sp³-hybridized carbons (Fsp3) is 0.316. The Labute approximate surface area is 150 Å². The maximum absolute atomic E-state index is 13.0. The van der Waals surface area contributed by atoms with Crippen LogP contribution >= 0.6 is 0 Å². The topological polar surface area (TPSA) is 70.9 Å². The molecular formula is C19H20FN4O2+. The number of H-pyrrole nitrogens is 1. The van der Waals surface area contributed by atoms with E-state index in [0.717, 1.165) is 18.5 Å². The number of nitrogens with zero attached hydrogens (tertiary/aromatic N) is 2. The Bertz CT molecular complexity index is 964. The maximum Gasteiger partial charge on any atom is 0.306 e. The highest BCUT2D eigenvalue weighted by atomic mass is 19.1. The highest BCUT2D eigenvalue weighted by Gasteiger charge is 2.30. The van der Waals surface area contributed by atoms with Crippen LogP contribution in [0.5, 0.6) is 11.6 Å². The van der Waals surface area contributed by atoms with Gasteiger partial charge >= 0.3 is 5.65 Å². The summed E-state index contributed by atoms with van der Waals surface area (Å²) in [6, 6.07) is 5.86. The number of benzene rings is 1. The van der Waals surface area contributed by atoms with Crippen molar-refractivity contribution in [3.63, 3.8) is 0 Å². The summed E-state index contributed by atoms with van der Waals surface area (Å²) in [5.74, 6) is 0.894. The molecular weight excluding hydrogens is 335 g/mol. The van der Waals surface area contributed by atoms with Crippen molar-refractivity contribution >= 4 is 17.1 Å². The van der Waals surface area contributed by atoms with Crippen molar-refractivity contribution in [3.8, 4) is 11.6 Å². The number of hydrogen-bond acceptors (Lipinski definition) is 3. The van der Waals surface area contributed by atoms with Crippen LogP contribution in [0.2, 0.25) is 0 Å². The second-order valence-corrected chi connectivity index (χ2v) is 6.75. The third kappa shape index (κ3) is 3.24. The first-order chi connectivity index (χ1) is 12.5. The summed E-state index contributed by atoms with van der Waals surface area (Å²) in [5, 5.41) is 3.04. The van der Waals surface area contributed by atoms with Gasteiger partial charge in [-0.3, -0.25) is 4.79 Å². The summed E-state index contributed by atoms with van der Waals surface area (Å²) < 4.78 is 20.6. The van der Waals surface area contributed by atoms with E-state index in [1.54, 1.807) is 12.4 Å². The van der Waals surface area contributed by atoms with Gasteiger partial charge in [0.25, 0.3) is 11.8 Å². The number of carbonyl (C=O) groups is 1. The number of amides is 1. The Hall–Kier alpha value is -2.96. The molecule has 1 aliphatic carbocycles. The second kappa shape index (κ2) is 6.40. The predicted octanol–water partition coefficient (Wildman–Crippen LogP) is 2.85. The number of aryl methyl sites for hydroxylation is 1. The molecule has 0 radical (unpaired) electrons. The molecule has 1 saturated carbocycles. The van der Waals surface area contributed by atoms with E-state index < -0.39 is 0 Å². The number of nitrogens with one attached hydrogen (secondary N) is 2. The average Bonchev–Trinajstić information content (AvgIpc) is 3.37. The highest BCUT2D eigenvalue weighted by Crippen LogP contribution is 2.32. The summed E-state index contributed by atoms with van der Waals surface area (Å²) >= 11 is 0. The smallest absolute Gasteiger partial charge is 0.306 e. The number of fused-ring (bicyclic) bond motifs is 1. The first kappa shape index (κ1) is 16.5. The SMILES string of the molecule is CC(NC(=O)c1c[nH]c2c1nc(Oc1ccc(F)cc1)c[n+]2C)C1CC1. The van der Waals surface area contributed by atoms with E-state index in [1.165, 1.54) is 24.3 Å². The van der Waals surface area contributed by atoms with Gasteiger partial charge in [0.2, 0.25) is 0 Å². The van der Waals surface area contributed by atoms with Gasteiger partial charge < -0.3 is 10.1 Å². The summed E-state index contributed by atoms with van der Waals surface area (Å²) in [7, 11) is 1.84. The van der Waals surface area contributed by atoms with Gasteiger partial charge in [-0.25, -0.2) is 18.9 Å². The van der Waals surface area contributed by atoms with Crippen LogP contribution in [0.1, 0.15) is 30.1 Å². The van der Waals surface area contributed by atoms with Crippen molar-refractivity contribution < 1.29 is 18.5 Å². The molecule has 1 aliphatic rings. The van der Waals surface area contributed by atoms with Crippen molar-refractivity contribution in [3.05, 3.63) is 48.0 Å². The van der Waals surface area contributed by atoms with Gasteiger partial charge in [0, 0.05) is 6.04 Å². The van der Waals surface area contributed by atoms with Gasteiger partial charge in [-0.05, 0) is 49.9 Å². The Morgan fingerprint density at radius 3 is 2.81 bits per heavy atom. The van der Waals surface area contributed by atoms with Crippen LogP contribution in [0.15, 0.2) is 36.7 Å². The number of halogens is 1. The third-order valence-electron chi connectivity index (χ3n) is 4.68. The molecule has 26 heavy (non-hydrogen) atoms. The molecule has 1 atom stereocenters. The molecule has 6 nitrogen and oxygen atoms in total. The average molecular weight is 355 g/mol. The molecule has 2 heterocycles. The lowest BCUT2D eigenvalue weighted by Crippen LogP contribution is -2.34. The van der Waals surface area contributed by atoms with E-state index >= 15 is 0 Å². The molecule has 1 aromatic carbocycles. The molecule has 4 rings (SSSR count). The third-order valence-corrected chi connectivity index (χ3v) is 4.68. The fourth-order valence-electron chi connectivity index (χ4n) is 3.00. The first-order valence-electron chi connectivity index (χ1n) is 8.63. The molecule has 0 saturated heterocycles. The minimum absolute atomic E-state index is 0.151. The van der Waals surface area contributed by atoms with E-state index in [0.29, 0.717) is 28.6 Å². The van der Waals surface area contributed by atoms with Gasteiger partial charge in [0.15, 0.2) is 11.7 Å². The Balaban J connectivity index is 1.63. The van der Waals surface area contributed by atoms with Crippen LogP contribution < -0.4 is 14.6 Å². The Morgan fingerprint density at radius 1 is 1.38 bits per heavy atom. The lowest BCUT2D eigenvalue weighted by Gasteiger charge is -2.11. The van der Waals surface area contributed by atoms with Gasteiger partial charge in [-0.15, -0.1) is 0 Å².